The summed E-state index contributed by atoms with van der Waals surface area (Å²) in [6.45, 7) is 22.7. The number of para-hydroxylation sites is 4. The molecule has 0 amide bonds. The number of phenolic OH excluding ortho intramolecular Hbond substituents is 1. The summed E-state index contributed by atoms with van der Waals surface area (Å²) >= 11 is 0. The molecule has 1 aliphatic rings. The van der Waals surface area contributed by atoms with Crippen LogP contribution in [0.25, 0.3) is 72.8 Å². The first-order chi connectivity index (χ1) is 30.9. The molecule has 7 aromatic carbocycles. The molecule has 0 spiro atoms. The van der Waals surface area contributed by atoms with Crippen molar-refractivity contribution in [1.82, 2.24) is 14.1 Å². The van der Waals surface area contributed by atoms with Crippen molar-refractivity contribution in [2.45, 2.75) is 104 Å². The summed E-state index contributed by atoms with van der Waals surface area (Å²) in [5, 5.41) is 12.8. The third-order valence-electron chi connectivity index (χ3n) is 13.9. The summed E-state index contributed by atoms with van der Waals surface area (Å²) in [6, 6.07) is 55.7. The first-order valence-electron chi connectivity index (χ1n) is 23.1. The normalized spacial score (nSPS) is 14.6. The van der Waals surface area contributed by atoms with Crippen LogP contribution in [0.3, 0.4) is 0 Å². The average molecular weight is 1050 g/mol. The van der Waals surface area contributed by atoms with Crippen molar-refractivity contribution in [3.63, 3.8) is 0 Å². The van der Waals surface area contributed by atoms with Crippen LogP contribution in [-0.4, -0.2) is 19.2 Å². The van der Waals surface area contributed by atoms with Gasteiger partial charge in [0.1, 0.15) is 11.6 Å². The van der Waals surface area contributed by atoms with E-state index in [9.17, 15) is 5.11 Å². The molecule has 0 radical (unpaired) electrons. The Bertz CT molecular complexity index is 3290. The van der Waals surface area contributed by atoms with Crippen LogP contribution in [0.1, 0.15) is 104 Å². The van der Waals surface area contributed by atoms with Gasteiger partial charge in [-0.1, -0.05) is 172 Å². The van der Waals surface area contributed by atoms with Crippen molar-refractivity contribution < 1.29 is 30.7 Å². The van der Waals surface area contributed by atoms with Gasteiger partial charge in [-0.15, -0.1) is 29.3 Å². The Hall–Kier alpha value is -6.03. The van der Waals surface area contributed by atoms with E-state index in [-0.39, 0.29) is 42.7 Å². The van der Waals surface area contributed by atoms with Crippen LogP contribution in [0.4, 0.5) is 0 Å². The second-order valence-corrected chi connectivity index (χ2v) is 21.5. The summed E-state index contributed by atoms with van der Waals surface area (Å²) in [5.41, 5.74) is 15.8. The molecule has 334 valence electrons. The number of hydrogen-bond acceptors (Lipinski definition) is 2. The van der Waals surface area contributed by atoms with Gasteiger partial charge < -0.3 is 9.67 Å². The van der Waals surface area contributed by atoms with Gasteiger partial charge in [0.2, 0.25) is 0 Å². The molecule has 66 heavy (non-hydrogen) atoms. The Balaban J connectivity index is 0.00000548. The number of benzene rings is 7. The van der Waals surface area contributed by atoms with E-state index in [1.54, 1.807) is 0 Å². The predicted molar refractivity (Wildman–Crippen MR) is 268 cm³/mol. The molecule has 2 heterocycles. The van der Waals surface area contributed by atoms with Crippen LogP contribution in [0, 0.1) is 12.4 Å². The van der Waals surface area contributed by atoms with Crippen molar-refractivity contribution in [2.24, 2.45) is 0 Å². The number of phenols is 1. The summed E-state index contributed by atoms with van der Waals surface area (Å²) in [6.07, 6.45) is 5.75. The zero-order chi connectivity index (χ0) is 45.6. The summed E-state index contributed by atoms with van der Waals surface area (Å²) in [7, 11) is 0. The van der Waals surface area contributed by atoms with Gasteiger partial charge in [0.05, 0.1) is 39.0 Å². The number of imidazole rings is 2. The molecular weight excluding hydrogens is 988 g/mol. The second kappa shape index (κ2) is 16.4. The van der Waals surface area contributed by atoms with Crippen molar-refractivity contribution >= 4 is 22.1 Å². The van der Waals surface area contributed by atoms with Gasteiger partial charge in [0.15, 0.2) is 0 Å². The van der Waals surface area contributed by atoms with Crippen LogP contribution in [0.15, 0.2) is 146 Å². The Kier molecular flexibility index (Phi) is 11.2. The SMILES string of the molecule is CC(C)(C)c1cc(-c2cccc3c2nc(-c2ccc4c(c2O)C(C)(C)CCC4(C)C)n3-c2ccc(C(C)(C)C)cc2-c2ccccc2)[c-]c(-n2[c-][n+](-c3ccccc3)c3ccccc32)c1.[Pt+2]. The van der Waals surface area contributed by atoms with E-state index < -0.39 is 0 Å². The van der Waals surface area contributed by atoms with Crippen molar-refractivity contribution in [3.8, 4) is 56.5 Å². The van der Waals surface area contributed by atoms with Crippen molar-refractivity contribution in [1.29, 1.82) is 0 Å². The number of aromatic hydroxyl groups is 1. The van der Waals surface area contributed by atoms with E-state index in [4.69, 9.17) is 4.98 Å². The molecule has 0 atom stereocenters. The van der Waals surface area contributed by atoms with Crippen LogP contribution in [0.5, 0.6) is 5.75 Å². The largest absolute Gasteiger partial charge is 2.00 e. The third kappa shape index (κ3) is 7.73. The minimum atomic E-state index is -0.215. The fourth-order valence-corrected chi connectivity index (χ4v) is 9.95. The van der Waals surface area contributed by atoms with Crippen LogP contribution < -0.4 is 4.57 Å². The van der Waals surface area contributed by atoms with Gasteiger partial charge in [-0.3, -0.25) is 9.13 Å². The Morgan fingerprint density at radius 1 is 0.621 bits per heavy atom. The summed E-state index contributed by atoms with van der Waals surface area (Å²) in [5.74, 6) is 1.02. The molecule has 1 aliphatic carbocycles. The van der Waals surface area contributed by atoms with Gasteiger partial charge in [-0.25, -0.2) is 4.98 Å². The molecule has 10 rings (SSSR count). The zero-order valence-corrected chi connectivity index (χ0v) is 42.1. The van der Waals surface area contributed by atoms with Crippen LogP contribution in [0.2, 0.25) is 0 Å². The average Bonchev–Trinajstić information content (AvgIpc) is 3.87. The minimum Gasteiger partial charge on any atom is -0.507 e. The smallest absolute Gasteiger partial charge is 0.507 e. The topological polar surface area (TPSA) is 46.9 Å². The first kappa shape index (κ1) is 45.1. The van der Waals surface area contributed by atoms with E-state index in [1.165, 1.54) is 16.7 Å². The van der Waals surface area contributed by atoms with E-state index in [2.05, 4.69) is 235 Å². The second-order valence-electron chi connectivity index (χ2n) is 21.5. The summed E-state index contributed by atoms with van der Waals surface area (Å²) < 4.78 is 6.56. The number of aromatic nitrogens is 4. The molecule has 0 bridgehead atoms. The monoisotopic (exact) mass is 1050 g/mol. The quantitative estimate of drug-likeness (QED) is 0.133. The third-order valence-corrected chi connectivity index (χ3v) is 13.9. The fourth-order valence-electron chi connectivity index (χ4n) is 9.95. The molecule has 1 N–H and O–H groups in total. The molecule has 0 saturated carbocycles. The van der Waals surface area contributed by atoms with E-state index in [1.807, 2.05) is 6.07 Å². The maximum absolute atomic E-state index is 12.8. The maximum Gasteiger partial charge on any atom is 2.00 e. The van der Waals surface area contributed by atoms with Crippen LogP contribution in [-0.2, 0) is 42.7 Å². The Morgan fingerprint density at radius 3 is 1.98 bits per heavy atom. The Morgan fingerprint density at radius 2 is 1.27 bits per heavy atom. The minimum absolute atomic E-state index is 0. The molecule has 0 fully saturated rings. The zero-order valence-electron chi connectivity index (χ0n) is 39.8. The standard InChI is InChI=1S/C60H59N4O.Pt/c1-57(2,3)41-28-31-49(47(37-41)39-20-13-11-14-21-39)64-52-27-19-24-45(54(52)61-56(64)46-29-30-48-53(55(46)65)60(9,10)33-32-59(48,7)8)40-34-42(58(4,5)6)36-44(35-40)63-38-62(43-22-15-12-16-23-43)50-25-17-18-26-51(50)63;/h11-31,34,36-37,65H,32-33H2,1-10H3;/q-1;+2. The number of hydrogen-bond donors (Lipinski definition) is 1. The van der Waals surface area contributed by atoms with Gasteiger partial charge in [-0.2, -0.15) is 0 Å². The number of nitrogens with zero attached hydrogens (tertiary/aromatic N) is 4. The first-order valence-corrected chi connectivity index (χ1v) is 23.1. The molecule has 0 unspecified atom stereocenters. The van der Waals surface area contributed by atoms with Crippen molar-refractivity contribution in [3.05, 3.63) is 180 Å². The van der Waals surface area contributed by atoms with E-state index in [0.717, 1.165) is 85.4 Å². The maximum atomic E-state index is 12.8. The van der Waals surface area contributed by atoms with Gasteiger partial charge in [0.25, 0.3) is 6.33 Å². The molecule has 6 heteroatoms. The molecular formula is C60H59N4OPt+. The summed E-state index contributed by atoms with van der Waals surface area (Å²) in [4.78, 5) is 5.69. The van der Waals surface area contributed by atoms with Gasteiger partial charge >= 0.3 is 21.1 Å². The fraction of sp³-hybridized carbons (Fsp3) is 0.267. The molecule has 5 nitrogen and oxygen atoms in total. The van der Waals surface area contributed by atoms with E-state index in [0.29, 0.717) is 11.6 Å². The number of fused-ring (bicyclic) bond motifs is 3. The number of rotatable bonds is 6. The van der Waals surface area contributed by atoms with Gasteiger partial charge in [0, 0.05) is 11.1 Å². The predicted octanol–water partition coefficient (Wildman–Crippen LogP) is 14.5. The molecule has 0 aliphatic heterocycles. The molecule has 0 saturated heterocycles. The van der Waals surface area contributed by atoms with Crippen molar-refractivity contribution in [2.75, 3.05) is 0 Å². The Labute approximate surface area is 405 Å². The van der Waals surface area contributed by atoms with Crippen LogP contribution >= 0.6 is 0 Å². The van der Waals surface area contributed by atoms with E-state index >= 15 is 0 Å². The molecule has 2 aromatic heterocycles. The van der Waals surface area contributed by atoms with Gasteiger partial charge in [-0.05, 0) is 93.3 Å². The molecule has 9 aromatic rings.